The number of anilines is 1. The highest BCUT2D eigenvalue weighted by Crippen LogP contribution is 2.27. The zero-order valence-electron chi connectivity index (χ0n) is 18.9. The monoisotopic (exact) mass is 411 g/mol. The van der Waals surface area contributed by atoms with Gasteiger partial charge < -0.3 is 14.7 Å². The zero-order chi connectivity index (χ0) is 21.6. The molecular formula is C25H37N3O2. The molecule has 1 saturated heterocycles. The van der Waals surface area contributed by atoms with Crippen molar-refractivity contribution in [3.8, 4) is 0 Å². The highest BCUT2D eigenvalue weighted by molar-refractivity contribution is 5.55. The minimum absolute atomic E-state index is 0.754. The number of methoxy groups -OCH3 is 1. The normalized spacial score (nSPS) is 18.2. The molecule has 0 aromatic heterocycles. The van der Waals surface area contributed by atoms with E-state index >= 15 is 0 Å². The Bertz CT molecular complexity index is 790. The Kier molecular flexibility index (Phi) is 7.89. The summed E-state index contributed by atoms with van der Waals surface area (Å²) in [7, 11) is 1.65. The van der Waals surface area contributed by atoms with Crippen molar-refractivity contribution in [1.29, 1.82) is 0 Å². The number of hydrogen-bond acceptors (Lipinski definition) is 5. The second-order valence-electron chi connectivity index (χ2n) is 8.51. The lowest BCUT2D eigenvalue weighted by Gasteiger charge is -2.37. The van der Waals surface area contributed by atoms with Gasteiger partial charge in [0, 0.05) is 39.0 Å². The Morgan fingerprint density at radius 3 is 2.43 bits per heavy atom. The average molecular weight is 412 g/mol. The molecule has 1 heterocycles. The van der Waals surface area contributed by atoms with Gasteiger partial charge in [-0.3, -0.25) is 10.2 Å². The highest BCUT2D eigenvalue weighted by atomic mass is 16.5. The number of nitrogens with one attached hydrogen (secondary N) is 1. The van der Waals surface area contributed by atoms with Gasteiger partial charge in [0.05, 0.1) is 0 Å². The number of ether oxygens (including phenoxy) is 1. The van der Waals surface area contributed by atoms with Gasteiger partial charge in [-0.2, -0.15) is 0 Å². The fraction of sp³-hybridized carbons (Fsp3) is 0.520. The maximum atomic E-state index is 10.7. The van der Waals surface area contributed by atoms with Crippen molar-refractivity contribution >= 4 is 5.69 Å². The number of hydrogen-bond donors (Lipinski definition) is 2. The lowest BCUT2D eigenvalue weighted by atomic mass is 9.93. The number of piperazine rings is 1. The molecule has 2 aromatic rings. The predicted molar refractivity (Wildman–Crippen MR) is 124 cm³/mol. The topological polar surface area (TPSA) is 48.0 Å². The molecule has 0 radical (unpaired) electrons. The van der Waals surface area contributed by atoms with Crippen molar-refractivity contribution in [1.82, 2.24) is 10.2 Å². The molecule has 2 atom stereocenters. The van der Waals surface area contributed by atoms with Crippen LogP contribution in [0.1, 0.15) is 30.0 Å². The SMILES string of the molecule is COC(C)(c1ccccc1)C(O)NCCCN1CCN(c2cc(C)ccc2C)CC1. The lowest BCUT2D eigenvalue weighted by molar-refractivity contribution is -0.109. The molecule has 2 N–H and O–H groups in total. The van der Waals surface area contributed by atoms with Crippen molar-refractivity contribution < 1.29 is 9.84 Å². The molecule has 2 unspecified atom stereocenters. The maximum Gasteiger partial charge on any atom is 0.138 e. The summed E-state index contributed by atoms with van der Waals surface area (Å²) < 4.78 is 5.68. The van der Waals surface area contributed by atoms with Crippen LogP contribution in [0.5, 0.6) is 0 Å². The third-order valence-corrected chi connectivity index (χ3v) is 6.36. The number of nitrogens with zero attached hydrogens (tertiary/aromatic N) is 2. The summed E-state index contributed by atoms with van der Waals surface area (Å²) in [4.78, 5) is 5.02. The number of aryl methyl sites for hydroxylation is 2. The van der Waals surface area contributed by atoms with Gasteiger partial charge in [0.25, 0.3) is 0 Å². The van der Waals surface area contributed by atoms with E-state index in [1.807, 2.05) is 37.3 Å². The predicted octanol–water partition coefficient (Wildman–Crippen LogP) is 3.29. The largest absolute Gasteiger partial charge is 0.375 e. The Morgan fingerprint density at radius 1 is 1.07 bits per heavy atom. The molecule has 2 aromatic carbocycles. The van der Waals surface area contributed by atoms with Crippen molar-refractivity contribution in [2.24, 2.45) is 0 Å². The Morgan fingerprint density at radius 2 is 1.77 bits per heavy atom. The fourth-order valence-corrected chi connectivity index (χ4v) is 4.17. The van der Waals surface area contributed by atoms with Gasteiger partial charge in [-0.05, 0) is 63.0 Å². The van der Waals surface area contributed by atoms with Gasteiger partial charge in [0.15, 0.2) is 0 Å². The van der Waals surface area contributed by atoms with E-state index in [4.69, 9.17) is 4.74 Å². The van der Waals surface area contributed by atoms with Crippen LogP contribution >= 0.6 is 0 Å². The van der Waals surface area contributed by atoms with Crippen LogP contribution < -0.4 is 10.2 Å². The van der Waals surface area contributed by atoms with E-state index in [1.54, 1.807) is 7.11 Å². The highest BCUT2D eigenvalue weighted by Gasteiger charge is 2.34. The Balaban J connectivity index is 1.42. The van der Waals surface area contributed by atoms with Crippen molar-refractivity contribution in [2.45, 2.75) is 39.0 Å². The number of benzene rings is 2. The van der Waals surface area contributed by atoms with E-state index < -0.39 is 11.8 Å². The summed E-state index contributed by atoms with van der Waals surface area (Å²) in [5.74, 6) is 0. The van der Waals surface area contributed by atoms with E-state index in [0.717, 1.165) is 51.3 Å². The zero-order valence-corrected chi connectivity index (χ0v) is 18.9. The summed E-state index contributed by atoms with van der Waals surface area (Å²) in [5, 5.41) is 14.0. The second-order valence-corrected chi connectivity index (χ2v) is 8.51. The molecule has 5 heteroatoms. The molecule has 5 nitrogen and oxygen atoms in total. The number of rotatable bonds is 9. The van der Waals surface area contributed by atoms with Crippen LogP contribution in [0.15, 0.2) is 48.5 Å². The fourth-order valence-electron chi connectivity index (χ4n) is 4.17. The molecule has 0 bridgehead atoms. The summed E-state index contributed by atoms with van der Waals surface area (Å²) in [6.07, 6.45) is 0.237. The molecular weight excluding hydrogens is 374 g/mol. The first-order chi connectivity index (χ1) is 14.4. The standard InChI is InChI=1S/C25H37N3O2/c1-20-11-12-21(2)23(19-20)28-17-15-27(16-18-28)14-8-13-26-24(29)25(3,30-4)22-9-6-5-7-10-22/h5-7,9-12,19,24,26,29H,8,13-18H2,1-4H3. The minimum atomic E-state index is -0.765. The summed E-state index contributed by atoms with van der Waals surface area (Å²) >= 11 is 0. The summed E-state index contributed by atoms with van der Waals surface area (Å²) in [6.45, 7) is 12.4. The van der Waals surface area contributed by atoms with Crippen LogP contribution in [0.4, 0.5) is 5.69 Å². The quantitative estimate of drug-likeness (QED) is 0.490. The van der Waals surface area contributed by atoms with Crippen LogP contribution in [0.2, 0.25) is 0 Å². The Labute approximate surface area is 181 Å². The van der Waals surface area contributed by atoms with Crippen LogP contribution in [0.25, 0.3) is 0 Å². The van der Waals surface area contributed by atoms with Gasteiger partial charge in [-0.15, -0.1) is 0 Å². The van der Waals surface area contributed by atoms with Crippen molar-refractivity contribution in [3.05, 3.63) is 65.2 Å². The summed E-state index contributed by atoms with van der Waals surface area (Å²) in [6, 6.07) is 16.6. The average Bonchev–Trinajstić information content (AvgIpc) is 2.78. The molecule has 0 aliphatic carbocycles. The van der Waals surface area contributed by atoms with Crippen molar-refractivity contribution in [2.75, 3.05) is 51.3 Å². The maximum absolute atomic E-state index is 10.7. The molecule has 1 fully saturated rings. The Hall–Kier alpha value is -1.92. The molecule has 0 saturated carbocycles. The summed E-state index contributed by atoms with van der Waals surface area (Å²) in [5.41, 5.74) is 4.25. The molecule has 1 aliphatic heterocycles. The minimum Gasteiger partial charge on any atom is -0.375 e. The number of aliphatic hydroxyl groups excluding tert-OH is 1. The number of aliphatic hydroxyl groups is 1. The van der Waals surface area contributed by atoms with E-state index in [2.05, 4.69) is 47.2 Å². The van der Waals surface area contributed by atoms with Gasteiger partial charge in [0.1, 0.15) is 11.8 Å². The van der Waals surface area contributed by atoms with E-state index in [0.29, 0.717) is 0 Å². The molecule has 0 spiro atoms. The molecule has 3 rings (SSSR count). The molecule has 30 heavy (non-hydrogen) atoms. The van der Waals surface area contributed by atoms with Gasteiger partial charge >= 0.3 is 0 Å². The first-order valence-electron chi connectivity index (χ1n) is 11.0. The van der Waals surface area contributed by atoms with Crippen LogP contribution in [0, 0.1) is 13.8 Å². The smallest absolute Gasteiger partial charge is 0.138 e. The van der Waals surface area contributed by atoms with Gasteiger partial charge in [-0.25, -0.2) is 0 Å². The van der Waals surface area contributed by atoms with Gasteiger partial charge in [-0.1, -0.05) is 42.5 Å². The van der Waals surface area contributed by atoms with E-state index in [9.17, 15) is 5.11 Å². The van der Waals surface area contributed by atoms with Crippen LogP contribution in [0.3, 0.4) is 0 Å². The molecule has 0 amide bonds. The molecule has 1 aliphatic rings. The first-order valence-corrected chi connectivity index (χ1v) is 11.0. The third kappa shape index (κ3) is 5.41. The van der Waals surface area contributed by atoms with Gasteiger partial charge in [0.2, 0.25) is 0 Å². The third-order valence-electron chi connectivity index (χ3n) is 6.36. The van der Waals surface area contributed by atoms with E-state index in [-0.39, 0.29) is 0 Å². The first kappa shape index (κ1) is 22.8. The lowest BCUT2D eigenvalue weighted by Crippen LogP contribution is -2.49. The second kappa shape index (κ2) is 10.4. The van der Waals surface area contributed by atoms with E-state index in [1.165, 1.54) is 16.8 Å². The van der Waals surface area contributed by atoms with Crippen LogP contribution in [-0.2, 0) is 10.3 Å². The molecule has 164 valence electrons. The van der Waals surface area contributed by atoms with Crippen LogP contribution in [-0.4, -0.2) is 62.6 Å². The van der Waals surface area contributed by atoms with Crippen molar-refractivity contribution in [3.63, 3.8) is 0 Å².